The highest BCUT2D eigenvalue weighted by molar-refractivity contribution is 8.00. The Kier molecular flexibility index (Phi) is 6.58. The second-order valence-corrected chi connectivity index (χ2v) is 6.37. The second-order valence-electron chi connectivity index (χ2n) is 5.32. The summed E-state index contributed by atoms with van der Waals surface area (Å²) in [6, 6.07) is 7.30. The minimum absolute atomic E-state index is 0.200. The van der Waals surface area contributed by atoms with Crippen LogP contribution in [0.1, 0.15) is 32.1 Å². The molecule has 0 aromatic heterocycles. The van der Waals surface area contributed by atoms with Gasteiger partial charge in [-0.05, 0) is 31.0 Å². The molecule has 0 radical (unpaired) electrons. The molecule has 120 valence electrons. The summed E-state index contributed by atoms with van der Waals surface area (Å²) in [6.07, 6.45) is 5.52. The highest BCUT2D eigenvalue weighted by atomic mass is 32.2. The van der Waals surface area contributed by atoms with Gasteiger partial charge in [0, 0.05) is 10.9 Å². The molecule has 0 bridgehead atoms. The minimum Gasteiger partial charge on any atom is -0.497 e. The summed E-state index contributed by atoms with van der Waals surface area (Å²) in [5.74, 6) is 0.659. The Morgan fingerprint density at radius 3 is 2.77 bits per heavy atom. The number of carbonyl (C=O) groups excluding carboxylic acids is 2. The van der Waals surface area contributed by atoms with Crippen LogP contribution in [0.15, 0.2) is 29.2 Å². The number of ether oxygens (including phenoxy) is 1. The van der Waals surface area contributed by atoms with E-state index in [1.165, 1.54) is 18.2 Å². The van der Waals surface area contributed by atoms with Crippen molar-refractivity contribution in [2.45, 2.75) is 43.0 Å². The molecular formula is C16H22N2O3S. The van der Waals surface area contributed by atoms with Crippen molar-refractivity contribution in [2.75, 3.05) is 12.9 Å². The number of urea groups is 1. The van der Waals surface area contributed by atoms with Gasteiger partial charge in [-0.15, -0.1) is 11.8 Å². The second kappa shape index (κ2) is 8.68. The van der Waals surface area contributed by atoms with Crippen LogP contribution in [0, 0.1) is 0 Å². The summed E-state index contributed by atoms with van der Waals surface area (Å²) in [4.78, 5) is 24.5. The van der Waals surface area contributed by atoms with Crippen LogP contribution in [-0.4, -0.2) is 30.8 Å². The van der Waals surface area contributed by atoms with E-state index in [0.29, 0.717) is 0 Å². The summed E-state index contributed by atoms with van der Waals surface area (Å²) in [7, 11) is 1.60. The predicted octanol–water partition coefficient (Wildman–Crippen LogP) is 2.95. The zero-order chi connectivity index (χ0) is 15.8. The molecule has 5 nitrogen and oxygen atoms in total. The van der Waals surface area contributed by atoms with Crippen LogP contribution in [-0.2, 0) is 4.79 Å². The average Bonchev–Trinajstić information content (AvgIpc) is 2.54. The summed E-state index contributed by atoms with van der Waals surface area (Å²) < 4.78 is 5.13. The molecule has 0 heterocycles. The Morgan fingerprint density at radius 2 is 2.05 bits per heavy atom. The predicted molar refractivity (Wildman–Crippen MR) is 87.3 cm³/mol. The van der Waals surface area contributed by atoms with Crippen LogP contribution >= 0.6 is 11.8 Å². The molecule has 1 aliphatic rings. The number of nitrogens with one attached hydrogen (secondary N) is 2. The van der Waals surface area contributed by atoms with Crippen molar-refractivity contribution in [1.29, 1.82) is 0 Å². The Morgan fingerprint density at radius 1 is 1.27 bits per heavy atom. The lowest BCUT2D eigenvalue weighted by Crippen LogP contribution is -2.45. The molecule has 0 atom stereocenters. The molecule has 1 saturated carbocycles. The number of methoxy groups -OCH3 is 1. The fourth-order valence-corrected chi connectivity index (χ4v) is 3.22. The maximum absolute atomic E-state index is 11.8. The number of carbonyl (C=O) groups is 2. The first kappa shape index (κ1) is 16.7. The monoisotopic (exact) mass is 322 g/mol. The highest BCUT2D eigenvalue weighted by Gasteiger charge is 2.16. The van der Waals surface area contributed by atoms with Gasteiger partial charge in [0.15, 0.2) is 0 Å². The Labute approximate surface area is 135 Å². The van der Waals surface area contributed by atoms with Crippen molar-refractivity contribution in [3.63, 3.8) is 0 Å². The van der Waals surface area contributed by atoms with Crippen molar-refractivity contribution in [2.24, 2.45) is 0 Å². The minimum atomic E-state index is -0.386. The highest BCUT2D eigenvalue weighted by Crippen LogP contribution is 2.22. The zero-order valence-electron chi connectivity index (χ0n) is 12.8. The molecule has 0 unspecified atom stereocenters. The maximum atomic E-state index is 11.8. The molecule has 6 heteroatoms. The first-order valence-corrected chi connectivity index (χ1v) is 8.53. The van der Waals surface area contributed by atoms with Gasteiger partial charge in [-0.2, -0.15) is 0 Å². The first-order chi connectivity index (χ1) is 10.7. The lowest BCUT2D eigenvalue weighted by atomic mass is 9.96. The SMILES string of the molecule is COc1cccc(SCC(=O)NC(=O)NC2CCCCC2)c1. The molecule has 0 saturated heterocycles. The zero-order valence-corrected chi connectivity index (χ0v) is 13.6. The van der Waals surface area contributed by atoms with Gasteiger partial charge in [-0.1, -0.05) is 25.3 Å². The number of hydrogen-bond donors (Lipinski definition) is 2. The molecule has 1 aliphatic carbocycles. The van der Waals surface area contributed by atoms with Crippen LogP contribution in [0.4, 0.5) is 4.79 Å². The van der Waals surface area contributed by atoms with E-state index in [-0.39, 0.29) is 23.7 Å². The van der Waals surface area contributed by atoms with E-state index >= 15 is 0 Å². The summed E-state index contributed by atoms with van der Waals surface area (Å²) in [5, 5.41) is 5.25. The van der Waals surface area contributed by atoms with Crippen molar-refractivity contribution in [1.82, 2.24) is 10.6 Å². The van der Waals surface area contributed by atoms with Crippen LogP contribution in [0.2, 0.25) is 0 Å². The molecule has 0 spiro atoms. The number of benzene rings is 1. The number of amides is 3. The molecule has 22 heavy (non-hydrogen) atoms. The summed E-state index contributed by atoms with van der Waals surface area (Å²) >= 11 is 1.37. The van der Waals surface area contributed by atoms with E-state index in [1.807, 2.05) is 24.3 Å². The summed E-state index contributed by atoms with van der Waals surface area (Å²) in [6.45, 7) is 0. The van der Waals surface area contributed by atoms with E-state index in [4.69, 9.17) is 4.74 Å². The topological polar surface area (TPSA) is 67.4 Å². The third-order valence-corrected chi connectivity index (χ3v) is 4.60. The van der Waals surface area contributed by atoms with Gasteiger partial charge in [0.1, 0.15) is 5.75 Å². The molecule has 1 fully saturated rings. The average molecular weight is 322 g/mol. The van der Waals surface area contributed by atoms with Gasteiger partial charge in [-0.3, -0.25) is 10.1 Å². The van der Waals surface area contributed by atoms with Crippen molar-refractivity contribution >= 4 is 23.7 Å². The number of rotatable bonds is 5. The van der Waals surface area contributed by atoms with Crippen LogP contribution in [0.3, 0.4) is 0 Å². The van der Waals surface area contributed by atoms with Crippen molar-refractivity contribution < 1.29 is 14.3 Å². The molecule has 0 aliphatic heterocycles. The Bertz CT molecular complexity index is 516. The van der Waals surface area contributed by atoms with Gasteiger partial charge in [-0.25, -0.2) is 4.79 Å². The summed E-state index contributed by atoms with van der Waals surface area (Å²) in [5.41, 5.74) is 0. The smallest absolute Gasteiger partial charge is 0.321 e. The van der Waals surface area contributed by atoms with Gasteiger partial charge >= 0.3 is 6.03 Å². The molecule has 1 aromatic rings. The lowest BCUT2D eigenvalue weighted by molar-refractivity contribution is -0.117. The van der Waals surface area contributed by atoms with E-state index in [9.17, 15) is 9.59 Å². The van der Waals surface area contributed by atoms with Gasteiger partial charge in [0.25, 0.3) is 0 Å². The van der Waals surface area contributed by atoms with Gasteiger partial charge in [0.05, 0.1) is 12.9 Å². The fourth-order valence-electron chi connectivity index (χ4n) is 2.47. The Balaban J connectivity index is 1.71. The number of imide groups is 1. The molecular weight excluding hydrogens is 300 g/mol. The fraction of sp³-hybridized carbons (Fsp3) is 0.500. The first-order valence-electron chi connectivity index (χ1n) is 7.54. The number of hydrogen-bond acceptors (Lipinski definition) is 4. The van der Waals surface area contributed by atoms with E-state index in [1.54, 1.807) is 7.11 Å². The van der Waals surface area contributed by atoms with E-state index in [0.717, 1.165) is 36.3 Å². The molecule has 2 rings (SSSR count). The van der Waals surface area contributed by atoms with Crippen LogP contribution in [0.25, 0.3) is 0 Å². The quantitative estimate of drug-likeness (QED) is 0.818. The molecule has 2 N–H and O–H groups in total. The van der Waals surface area contributed by atoms with Crippen molar-refractivity contribution in [3.05, 3.63) is 24.3 Å². The van der Waals surface area contributed by atoms with E-state index in [2.05, 4.69) is 10.6 Å². The van der Waals surface area contributed by atoms with E-state index < -0.39 is 0 Å². The Hall–Kier alpha value is -1.69. The van der Waals surface area contributed by atoms with Crippen LogP contribution in [0.5, 0.6) is 5.75 Å². The maximum Gasteiger partial charge on any atom is 0.321 e. The molecule has 3 amide bonds. The third kappa shape index (κ3) is 5.60. The lowest BCUT2D eigenvalue weighted by Gasteiger charge is -2.22. The van der Waals surface area contributed by atoms with Crippen molar-refractivity contribution in [3.8, 4) is 5.75 Å². The van der Waals surface area contributed by atoms with Gasteiger partial charge < -0.3 is 10.1 Å². The normalized spacial score (nSPS) is 15.1. The molecule has 1 aromatic carbocycles. The largest absolute Gasteiger partial charge is 0.497 e. The standard InChI is InChI=1S/C16H22N2O3S/c1-21-13-8-5-9-14(10-13)22-11-15(19)18-16(20)17-12-6-3-2-4-7-12/h5,8-10,12H,2-4,6-7,11H2,1H3,(H2,17,18,19,20). The van der Waals surface area contributed by atoms with Gasteiger partial charge in [0.2, 0.25) is 5.91 Å². The van der Waals surface area contributed by atoms with Crippen LogP contribution < -0.4 is 15.4 Å². The number of thioether (sulfide) groups is 1. The third-order valence-electron chi connectivity index (χ3n) is 3.60.